The van der Waals surface area contributed by atoms with E-state index in [-0.39, 0.29) is 24.0 Å². The smallest absolute Gasteiger partial charge is 0.335 e. The highest BCUT2D eigenvalue weighted by atomic mass is 35.5. The molecule has 1 aliphatic rings. The Morgan fingerprint density at radius 3 is 2.41 bits per heavy atom. The van der Waals surface area contributed by atoms with E-state index in [0.29, 0.717) is 17.3 Å². The molecule has 0 spiro atoms. The molecule has 2 atom stereocenters. The number of carboxylic acid groups (broad SMARTS) is 1. The average Bonchev–Trinajstić information content (AvgIpc) is 2.78. The van der Waals surface area contributed by atoms with Gasteiger partial charge in [0, 0.05) is 17.6 Å². The first-order chi connectivity index (χ1) is 15.0. The van der Waals surface area contributed by atoms with Gasteiger partial charge >= 0.3 is 5.97 Å². The van der Waals surface area contributed by atoms with Crippen LogP contribution >= 0.6 is 24.0 Å². The number of benzene rings is 3. The second-order valence-corrected chi connectivity index (χ2v) is 8.21. The van der Waals surface area contributed by atoms with E-state index in [2.05, 4.69) is 11.4 Å². The van der Waals surface area contributed by atoms with Crippen molar-refractivity contribution in [2.75, 3.05) is 6.54 Å². The number of carboxylic acids is 1. The molecule has 0 aliphatic heterocycles. The fourth-order valence-corrected chi connectivity index (χ4v) is 3.98. The van der Waals surface area contributed by atoms with Crippen LogP contribution in [0.3, 0.4) is 0 Å². The summed E-state index contributed by atoms with van der Waals surface area (Å²) < 4.78 is 5.92. The number of fused-ring (bicyclic) bond motifs is 1. The zero-order chi connectivity index (χ0) is 21.8. The predicted molar refractivity (Wildman–Crippen MR) is 127 cm³/mol. The number of hydrogen-bond donors (Lipinski definition) is 3. The largest absolute Gasteiger partial charge is 0.478 e. The molecule has 7 heteroatoms. The quantitative estimate of drug-likeness (QED) is 0.426. The van der Waals surface area contributed by atoms with E-state index in [4.69, 9.17) is 21.4 Å². The lowest BCUT2D eigenvalue weighted by Crippen LogP contribution is -2.37. The number of hydrogen-bond acceptors (Lipinski definition) is 4. The van der Waals surface area contributed by atoms with Gasteiger partial charge in [0.25, 0.3) is 0 Å². The lowest BCUT2D eigenvalue weighted by atomic mass is 9.88. The second kappa shape index (κ2) is 10.8. The molecule has 1 aliphatic carbocycles. The summed E-state index contributed by atoms with van der Waals surface area (Å²) in [6.07, 6.45) is 2.26. The Kier molecular flexibility index (Phi) is 8.15. The summed E-state index contributed by atoms with van der Waals surface area (Å²) >= 11 is 5.92. The van der Waals surface area contributed by atoms with Crippen molar-refractivity contribution in [3.8, 4) is 11.5 Å². The maximum atomic E-state index is 11.0. The van der Waals surface area contributed by atoms with Crippen molar-refractivity contribution in [2.24, 2.45) is 0 Å². The van der Waals surface area contributed by atoms with Crippen molar-refractivity contribution < 1.29 is 19.7 Å². The molecule has 3 aromatic rings. The van der Waals surface area contributed by atoms with Crippen LogP contribution in [-0.4, -0.2) is 28.8 Å². The highest BCUT2D eigenvalue weighted by molar-refractivity contribution is 6.30. The molecule has 32 heavy (non-hydrogen) atoms. The molecule has 0 bridgehead atoms. The van der Waals surface area contributed by atoms with Crippen molar-refractivity contribution in [1.29, 1.82) is 0 Å². The molecular formula is C25H25Cl2NO4. The minimum absolute atomic E-state index is 0. The Bertz CT molecular complexity index is 1050. The summed E-state index contributed by atoms with van der Waals surface area (Å²) in [5, 5.41) is 23.6. The number of nitrogens with one attached hydrogen (secondary N) is 1. The molecule has 0 unspecified atom stereocenters. The van der Waals surface area contributed by atoms with Gasteiger partial charge in [0.15, 0.2) is 0 Å². The number of ether oxygens (including phenoxy) is 1. The molecule has 3 aromatic carbocycles. The summed E-state index contributed by atoms with van der Waals surface area (Å²) in [5.74, 6) is 0.366. The number of halogens is 2. The fourth-order valence-electron chi connectivity index (χ4n) is 3.85. The standard InChI is InChI=1S/C25H24ClNO4.ClH/c26-20-7-1-17(2-8-20)24(28)15-27-21-9-3-16-4-12-23(14-19(16)13-21)31-22-10-5-18(6-11-22)25(29)30;/h1-2,4-8,10-12,14,21,24,27-28H,3,9,13,15H2,(H,29,30);1H/t21-,24-;/m0./s1. The first-order valence-electron chi connectivity index (χ1n) is 10.3. The van der Waals surface area contributed by atoms with E-state index in [9.17, 15) is 9.90 Å². The van der Waals surface area contributed by atoms with Crippen LogP contribution in [-0.2, 0) is 12.8 Å². The Morgan fingerprint density at radius 1 is 1.03 bits per heavy atom. The molecule has 0 aromatic heterocycles. The molecule has 168 valence electrons. The topological polar surface area (TPSA) is 78.8 Å². The van der Waals surface area contributed by atoms with Crippen LogP contribution in [0.1, 0.15) is 39.6 Å². The number of rotatable bonds is 7. The van der Waals surface area contributed by atoms with Crippen LogP contribution in [0, 0.1) is 0 Å². The number of aliphatic hydroxyl groups excluding tert-OH is 1. The van der Waals surface area contributed by atoms with Gasteiger partial charge in [0.2, 0.25) is 0 Å². The van der Waals surface area contributed by atoms with Crippen molar-refractivity contribution in [3.63, 3.8) is 0 Å². The predicted octanol–water partition coefficient (Wildman–Crippen LogP) is 5.43. The molecule has 0 saturated carbocycles. The average molecular weight is 474 g/mol. The normalized spacial score (nSPS) is 15.9. The van der Waals surface area contributed by atoms with Crippen LogP contribution in [0.15, 0.2) is 66.7 Å². The van der Waals surface area contributed by atoms with E-state index in [0.717, 1.165) is 30.6 Å². The van der Waals surface area contributed by atoms with E-state index < -0.39 is 12.1 Å². The SMILES string of the molecule is Cl.O=C(O)c1ccc(Oc2ccc3c(c2)C[C@@H](NC[C@H](O)c2ccc(Cl)cc2)CC3)cc1. The lowest BCUT2D eigenvalue weighted by Gasteiger charge is -2.27. The minimum Gasteiger partial charge on any atom is -0.478 e. The van der Waals surface area contributed by atoms with Gasteiger partial charge < -0.3 is 20.3 Å². The van der Waals surface area contributed by atoms with E-state index in [1.807, 2.05) is 24.3 Å². The summed E-state index contributed by atoms with van der Waals surface area (Å²) in [4.78, 5) is 11.0. The van der Waals surface area contributed by atoms with Crippen LogP contribution in [0.25, 0.3) is 0 Å². The molecule has 0 heterocycles. The molecule has 0 radical (unpaired) electrons. The molecule has 4 rings (SSSR count). The van der Waals surface area contributed by atoms with Gasteiger partial charge in [0.05, 0.1) is 11.7 Å². The highest BCUT2D eigenvalue weighted by Gasteiger charge is 2.20. The van der Waals surface area contributed by atoms with Crippen molar-refractivity contribution in [2.45, 2.75) is 31.4 Å². The number of carbonyl (C=O) groups is 1. The summed E-state index contributed by atoms with van der Waals surface area (Å²) in [6.45, 7) is 0.480. The van der Waals surface area contributed by atoms with Gasteiger partial charge in [-0.3, -0.25) is 0 Å². The Balaban J connectivity index is 0.00000289. The summed E-state index contributed by atoms with van der Waals surface area (Å²) in [6, 6.07) is 20.0. The maximum absolute atomic E-state index is 11.0. The van der Waals surface area contributed by atoms with Crippen LogP contribution < -0.4 is 10.1 Å². The number of aliphatic hydroxyl groups is 1. The Morgan fingerprint density at radius 2 is 1.72 bits per heavy atom. The Hall–Kier alpha value is -2.57. The van der Waals surface area contributed by atoms with Gasteiger partial charge in [-0.1, -0.05) is 29.8 Å². The molecule has 0 amide bonds. The molecule has 0 saturated heterocycles. The third-order valence-electron chi connectivity index (χ3n) is 5.60. The summed E-state index contributed by atoms with van der Waals surface area (Å²) in [7, 11) is 0. The minimum atomic E-state index is -0.958. The fraction of sp³-hybridized carbons (Fsp3) is 0.240. The summed E-state index contributed by atoms with van der Waals surface area (Å²) in [5.41, 5.74) is 3.61. The number of aromatic carboxylic acids is 1. The third kappa shape index (κ3) is 6.02. The highest BCUT2D eigenvalue weighted by Crippen LogP contribution is 2.29. The van der Waals surface area contributed by atoms with Gasteiger partial charge in [-0.15, -0.1) is 12.4 Å². The first kappa shape index (κ1) is 24.1. The monoisotopic (exact) mass is 473 g/mol. The number of aryl methyl sites for hydroxylation is 1. The van der Waals surface area contributed by atoms with Gasteiger partial charge in [-0.2, -0.15) is 0 Å². The zero-order valence-corrected chi connectivity index (χ0v) is 18.9. The van der Waals surface area contributed by atoms with Crippen molar-refractivity contribution in [3.05, 3.63) is 94.0 Å². The van der Waals surface area contributed by atoms with Crippen LogP contribution in [0.2, 0.25) is 5.02 Å². The first-order valence-corrected chi connectivity index (χ1v) is 10.7. The maximum Gasteiger partial charge on any atom is 0.335 e. The molecule has 3 N–H and O–H groups in total. The van der Waals surface area contributed by atoms with Crippen molar-refractivity contribution in [1.82, 2.24) is 5.32 Å². The van der Waals surface area contributed by atoms with Gasteiger partial charge in [0.1, 0.15) is 11.5 Å². The van der Waals surface area contributed by atoms with Crippen LogP contribution in [0.4, 0.5) is 0 Å². The molecule has 5 nitrogen and oxygen atoms in total. The van der Waals surface area contributed by atoms with Gasteiger partial charge in [-0.05, 0) is 84.5 Å². The molecular weight excluding hydrogens is 449 g/mol. The van der Waals surface area contributed by atoms with E-state index in [1.54, 1.807) is 24.3 Å². The lowest BCUT2D eigenvalue weighted by molar-refractivity contribution is 0.0697. The van der Waals surface area contributed by atoms with Crippen LogP contribution in [0.5, 0.6) is 11.5 Å². The van der Waals surface area contributed by atoms with Gasteiger partial charge in [-0.25, -0.2) is 4.79 Å². The van der Waals surface area contributed by atoms with E-state index in [1.165, 1.54) is 23.3 Å². The Labute approximate surface area is 198 Å². The second-order valence-electron chi connectivity index (χ2n) is 7.78. The van der Waals surface area contributed by atoms with E-state index >= 15 is 0 Å². The van der Waals surface area contributed by atoms with Crippen molar-refractivity contribution >= 4 is 30.0 Å². The third-order valence-corrected chi connectivity index (χ3v) is 5.85. The zero-order valence-electron chi connectivity index (χ0n) is 17.3. The molecule has 0 fully saturated rings.